The average Bonchev–Trinajstić information content (AvgIpc) is 2.93. The fourth-order valence-corrected chi connectivity index (χ4v) is 2.92. The van der Waals surface area contributed by atoms with Crippen molar-refractivity contribution < 1.29 is 9.53 Å². The number of ether oxygens (including phenoxy) is 1. The van der Waals surface area contributed by atoms with E-state index in [0.717, 1.165) is 22.8 Å². The van der Waals surface area contributed by atoms with Crippen LogP contribution in [0.5, 0.6) is 5.75 Å². The molecule has 1 aromatic carbocycles. The summed E-state index contributed by atoms with van der Waals surface area (Å²) in [6, 6.07) is 5.34. The van der Waals surface area contributed by atoms with E-state index in [1.807, 2.05) is 26.0 Å². The first kappa shape index (κ1) is 16.5. The molecule has 3 N–H and O–H groups in total. The van der Waals surface area contributed by atoms with Crippen LogP contribution in [-0.2, 0) is 0 Å². The second-order valence-corrected chi connectivity index (χ2v) is 6.46. The van der Waals surface area contributed by atoms with E-state index >= 15 is 0 Å². The third-order valence-electron chi connectivity index (χ3n) is 3.38. The number of hydrogen-bond acceptors (Lipinski definition) is 6. The second kappa shape index (κ2) is 6.10. The summed E-state index contributed by atoms with van der Waals surface area (Å²) in [6.45, 7) is 4.00. The third kappa shape index (κ3) is 3.31. The van der Waals surface area contributed by atoms with Crippen molar-refractivity contribution in [2.75, 3.05) is 5.73 Å². The van der Waals surface area contributed by atoms with Crippen LogP contribution in [0.25, 0.3) is 0 Å². The Balaban J connectivity index is 0.00000176. The molecule has 1 aliphatic heterocycles. The van der Waals surface area contributed by atoms with E-state index in [2.05, 4.69) is 14.9 Å². The number of carbonyl (C=O) groups excluding carboxylic acids is 1. The number of nitrogen functional groups attached to an aromatic ring is 1. The Morgan fingerprint density at radius 3 is 2.95 bits per heavy atom. The van der Waals surface area contributed by atoms with Crippen molar-refractivity contribution in [3.63, 3.8) is 0 Å². The number of hydrogen-bond donors (Lipinski definition) is 2. The van der Waals surface area contributed by atoms with E-state index in [0.29, 0.717) is 17.0 Å². The van der Waals surface area contributed by atoms with Crippen molar-refractivity contribution in [2.24, 2.45) is 0 Å². The van der Waals surface area contributed by atoms with E-state index in [1.165, 1.54) is 6.20 Å². The van der Waals surface area contributed by atoms with Crippen molar-refractivity contribution in [3.05, 3.63) is 34.8 Å². The molecule has 0 radical (unpaired) electrons. The van der Waals surface area contributed by atoms with Gasteiger partial charge in [0, 0.05) is 17.7 Å². The number of anilines is 1. The number of nitrogens with one attached hydrogen (secondary N) is 1. The monoisotopic (exact) mass is 340 g/mol. The molecule has 3 rings (SSSR count). The Morgan fingerprint density at radius 1 is 1.50 bits per heavy atom. The molecular weight excluding hydrogens is 324 g/mol. The van der Waals surface area contributed by atoms with Crippen LogP contribution in [0.1, 0.15) is 41.5 Å². The first-order valence-electron chi connectivity index (χ1n) is 6.61. The predicted molar refractivity (Wildman–Crippen MR) is 87.5 cm³/mol. The summed E-state index contributed by atoms with van der Waals surface area (Å²) in [4.78, 5) is 12.7. The largest absolute Gasteiger partial charge is 0.487 e. The topological polar surface area (TPSA) is 90.1 Å². The molecule has 8 heteroatoms. The number of nitrogens with zero attached hydrogens (tertiary/aromatic N) is 2. The summed E-state index contributed by atoms with van der Waals surface area (Å²) in [7, 11) is 0. The highest BCUT2D eigenvalue weighted by Crippen LogP contribution is 2.40. The van der Waals surface area contributed by atoms with Gasteiger partial charge in [-0.05, 0) is 43.6 Å². The summed E-state index contributed by atoms with van der Waals surface area (Å²) in [5, 5.41) is 6.70. The van der Waals surface area contributed by atoms with Crippen LogP contribution in [0, 0.1) is 0 Å². The van der Waals surface area contributed by atoms with Gasteiger partial charge in [-0.2, -0.15) is 0 Å². The number of amides is 1. The minimum absolute atomic E-state index is 0. The van der Waals surface area contributed by atoms with Gasteiger partial charge in [0.05, 0.1) is 12.2 Å². The molecule has 2 aromatic rings. The highest BCUT2D eigenvalue weighted by molar-refractivity contribution is 7.07. The van der Waals surface area contributed by atoms with Crippen LogP contribution in [0.4, 0.5) is 5.69 Å². The Hall–Kier alpha value is -1.86. The molecule has 1 atom stereocenters. The highest BCUT2D eigenvalue weighted by atomic mass is 35.5. The smallest absolute Gasteiger partial charge is 0.265 e. The molecular formula is C14H17ClN4O2S. The fraction of sp³-hybridized carbons (Fsp3) is 0.357. The van der Waals surface area contributed by atoms with Gasteiger partial charge in [-0.15, -0.1) is 17.5 Å². The van der Waals surface area contributed by atoms with Gasteiger partial charge in [-0.25, -0.2) is 0 Å². The molecule has 22 heavy (non-hydrogen) atoms. The number of nitrogens with two attached hydrogens (primary N) is 1. The zero-order chi connectivity index (χ0) is 15.0. The number of rotatable bonds is 2. The maximum Gasteiger partial charge on any atom is 0.265 e. The summed E-state index contributed by atoms with van der Waals surface area (Å²) in [6.07, 6.45) is 2.13. The van der Waals surface area contributed by atoms with E-state index in [4.69, 9.17) is 10.5 Å². The molecule has 2 heterocycles. The number of carbonyl (C=O) groups is 1. The van der Waals surface area contributed by atoms with Crippen molar-refractivity contribution in [3.8, 4) is 5.75 Å². The maximum absolute atomic E-state index is 12.2. The summed E-state index contributed by atoms with van der Waals surface area (Å²) < 4.78 is 9.66. The Morgan fingerprint density at radius 2 is 2.27 bits per heavy atom. The van der Waals surface area contributed by atoms with Crippen LogP contribution < -0.4 is 15.8 Å². The molecule has 1 amide bonds. The molecule has 6 nitrogen and oxygen atoms in total. The van der Waals surface area contributed by atoms with Crippen molar-refractivity contribution in [2.45, 2.75) is 31.9 Å². The number of halogens is 1. The third-order valence-corrected chi connectivity index (χ3v) is 4.05. The SMILES string of the molecule is CC1(C)CC(NC(=O)c2cnns2)c2cc(N)ccc2O1.Cl. The first-order chi connectivity index (χ1) is 9.94. The Bertz CT molecular complexity index is 675. The predicted octanol–water partition coefficient (Wildman–Crippen LogP) is 2.57. The van der Waals surface area contributed by atoms with E-state index in [1.54, 1.807) is 6.07 Å². The molecule has 1 unspecified atom stereocenters. The molecule has 0 spiro atoms. The average molecular weight is 341 g/mol. The van der Waals surface area contributed by atoms with E-state index in [-0.39, 0.29) is 30.0 Å². The molecule has 1 aromatic heterocycles. The van der Waals surface area contributed by atoms with Gasteiger partial charge < -0.3 is 15.8 Å². The summed E-state index contributed by atoms with van der Waals surface area (Å²) in [5.41, 5.74) is 7.05. The van der Waals surface area contributed by atoms with Gasteiger partial charge in [0.25, 0.3) is 5.91 Å². The quantitative estimate of drug-likeness (QED) is 0.820. The Kier molecular flexibility index (Phi) is 4.58. The van der Waals surface area contributed by atoms with Crippen LogP contribution in [0.3, 0.4) is 0 Å². The van der Waals surface area contributed by atoms with Crippen LogP contribution in [0.2, 0.25) is 0 Å². The zero-order valence-corrected chi connectivity index (χ0v) is 13.8. The summed E-state index contributed by atoms with van der Waals surface area (Å²) in [5.74, 6) is 0.578. The Labute approximate surface area is 138 Å². The van der Waals surface area contributed by atoms with Gasteiger partial charge in [0.1, 0.15) is 16.2 Å². The van der Waals surface area contributed by atoms with E-state index in [9.17, 15) is 4.79 Å². The minimum Gasteiger partial charge on any atom is -0.487 e. The lowest BCUT2D eigenvalue weighted by molar-refractivity contribution is 0.0621. The van der Waals surface area contributed by atoms with Crippen molar-refractivity contribution >= 4 is 35.5 Å². The lowest BCUT2D eigenvalue weighted by atomic mass is 9.89. The maximum atomic E-state index is 12.2. The summed E-state index contributed by atoms with van der Waals surface area (Å²) >= 11 is 1.07. The lowest BCUT2D eigenvalue weighted by Crippen LogP contribution is -2.41. The lowest BCUT2D eigenvalue weighted by Gasteiger charge is -2.38. The van der Waals surface area contributed by atoms with Gasteiger partial charge in [-0.3, -0.25) is 4.79 Å². The molecule has 0 saturated carbocycles. The van der Waals surface area contributed by atoms with Crippen LogP contribution in [-0.4, -0.2) is 21.1 Å². The van der Waals surface area contributed by atoms with Crippen molar-refractivity contribution in [1.82, 2.24) is 14.9 Å². The first-order valence-corrected chi connectivity index (χ1v) is 7.39. The number of aromatic nitrogens is 2. The number of fused-ring (bicyclic) bond motifs is 1. The highest BCUT2D eigenvalue weighted by Gasteiger charge is 2.34. The minimum atomic E-state index is -0.354. The molecule has 0 bridgehead atoms. The normalized spacial score (nSPS) is 18.5. The molecule has 0 saturated heterocycles. The molecule has 118 valence electrons. The molecule has 0 fully saturated rings. The van der Waals surface area contributed by atoms with Crippen LogP contribution in [0.15, 0.2) is 24.4 Å². The second-order valence-electron chi connectivity index (χ2n) is 5.67. The van der Waals surface area contributed by atoms with Crippen LogP contribution >= 0.6 is 23.9 Å². The zero-order valence-electron chi connectivity index (χ0n) is 12.2. The van der Waals surface area contributed by atoms with E-state index < -0.39 is 0 Å². The van der Waals surface area contributed by atoms with Gasteiger partial charge in [-0.1, -0.05) is 4.49 Å². The van der Waals surface area contributed by atoms with Crippen molar-refractivity contribution in [1.29, 1.82) is 0 Å². The molecule has 0 aliphatic carbocycles. The fourth-order valence-electron chi connectivity index (χ4n) is 2.50. The molecule has 1 aliphatic rings. The number of benzene rings is 1. The van der Waals surface area contributed by atoms with Gasteiger partial charge in [0.15, 0.2) is 0 Å². The van der Waals surface area contributed by atoms with Gasteiger partial charge in [0.2, 0.25) is 0 Å². The van der Waals surface area contributed by atoms with Gasteiger partial charge >= 0.3 is 0 Å². The standard InChI is InChI=1S/C14H16N4O2S.ClH/c1-14(2)6-10(17-13(19)12-7-16-18-21-12)9-5-8(15)3-4-11(9)20-14;/h3-5,7,10H,6,15H2,1-2H3,(H,17,19);1H.